The summed E-state index contributed by atoms with van der Waals surface area (Å²) in [5.74, 6) is 3.33. The van der Waals surface area contributed by atoms with Crippen molar-refractivity contribution in [3.63, 3.8) is 0 Å². The zero-order chi connectivity index (χ0) is 30.4. The molecule has 3 saturated carbocycles. The molecule has 0 unspecified atom stereocenters. The second kappa shape index (κ2) is 11.5. The van der Waals surface area contributed by atoms with Gasteiger partial charge < -0.3 is 19.7 Å². The molecule has 3 fully saturated rings. The highest BCUT2D eigenvalue weighted by atomic mass is 28.4. The maximum atomic E-state index is 11.4. The minimum Gasteiger partial charge on any atom is -0.404 e. The third kappa shape index (κ3) is 4.83. The molecule has 42 heavy (non-hydrogen) atoms. The van der Waals surface area contributed by atoms with E-state index in [1.54, 1.807) is 0 Å². The maximum absolute atomic E-state index is 11.4. The molecule has 0 aliphatic heterocycles. The van der Waals surface area contributed by atoms with Gasteiger partial charge in [0, 0.05) is 24.7 Å². The molecule has 5 heteroatoms. The van der Waals surface area contributed by atoms with Gasteiger partial charge in [0.1, 0.15) is 5.60 Å². The molecule has 3 aliphatic rings. The van der Waals surface area contributed by atoms with E-state index in [1.165, 1.54) is 10.4 Å². The van der Waals surface area contributed by atoms with Crippen LogP contribution in [0.1, 0.15) is 79.6 Å². The van der Waals surface area contributed by atoms with E-state index in [-0.39, 0.29) is 58.9 Å². The van der Waals surface area contributed by atoms with Crippen LogP contribution in [0.15, 0.2) is 60.7 Å². The summed E-state index contributed by atoms with van der Waals surface area (Å²) in [7, 11) is -2.70. The van der Waals surface area contributed by atoms with Crippen molar-refractivity contribution in [2.24, 2.45) is 34.5 Å². The van der Waals surface area contributed by atoms with Crippen molar-refractivity contribution >= 4 is 18.7 Å². The fourth-order valence-corrected chi connectivity index (χ4v) is 14.5. The Morgan fingerprint density at radius 1 is 0.857 bits per heavy atom. The predicted octanol–water partition coefficient (Wildman–Crippen LogP) is 5.53. The van der Waals surface area contributed by atoms with Crippen molar-refractivity contribution in [1.29, 1.82) is 0 Å². The third-order valence-corrected chi connectivity index (χ3v) is 17.4. The first-order valence-electron chi connectivity index (χ1n) is 16.1. The lowest BCUT2D eigenvalue weighted by molar-refractivity contribution is -0.133. The Balaban J connectivity index is 1.45. The van der Waals surface area contributed by atoms with E-state index in [0.29, 0.717) is 6.42 Å². The Morgan fingerprint density at radius 3 is 1.93 bits per heavy atom. The van der Waals surface area contributed by atoms with Gasteiger partial charge in [0.25, 0.3) is 8.32 Å². The van der Waals surface area contributed by atoms with Crippen molar-refractivity contribution in [3.05, 3.63) is 60.7 Å². The number of aliphatic hydroxyl groups is 3. The quantitative estimate of drug-likeness (QED) is 0.294. The van der Waals surface area contributed by atoms with Gasteiger partial charge in [-0.2, -0.15) is 0 Å². The zero-order valence-electron chi connectivity index (χ0n) is 26.4. The van der Waals surface area contributed by atoms with E-state index >= 15 is 0 Å². The summed E-state index contributed by atoms with van der Waals surface area (Å²) < 4.78 is 7.53. The highest BCUT2D eigenvalue weighted by Crippen LogP contribution is 2.65. The number of benzene rings is 2. The molecule has 8 atom stereocenters. The SMILES string of the molecule is C#C[C@]1(O)CC[C@H]2[C@H](CO)[C@@H]([C@]3(C)CC[C@H](O[Si](c4ccccc4)(c4ccccc4)C(C)(C)C)C[C@@H]3CO)CC[C@@]21C. The van der Waals surface area contributed by atoms with Gasteiger partial charge in [0.05, 0.1) is 0 Å². The normalized spacial score (nSPS) is 37.2. The summed E-state index contributed by atoms with van der Waals surface area (Å²) in [5, 5.41) is 35.5. The van der Waals surface area contributed by atoms with Crippen molar-refractivity contribution in [3.8, 4) is 12.3 Å². The summed E-state index contributed by atoms with van der Waals surface area (Å²) in [6, 6.07) is 21.6. The van der Waals surface area contributed by atoms with Gasteiger partial charge in [-0.15, -0.1) is 6.42 Å². The van der Waals surface area contributed by atoms with Gasteiger partial charge in [0.15, 0.2) is 0 Å². The Kier molecular flexibility index (Phi) is 8.64. The fraction of sp³-hybridized carbons (Fsp3) is 0.622. The van der Waals surface area contributed by atoms with Crippen LogP contribution in [0.25, 0.3) is 0 Å². The number of fused-ring (bicyclic) bond motifs is 1. The Hall–Kier alpha value is -1.94. The van der Waals surface area contributed by atoms with Crippen molar-refractivity contribution in [2.75, 3.05) is 13.2 Å². The molecule has 0 spiro atoms. The van der Waals surface area contributed by atoms with E-state index in [1.807, 2.05) is 0 Å². The van der Waals surface area contributed by atoms with Crippen LogP contribution in [0.5, 0.6) is 0 Å². The second-order valence-corrected chi connectivity index (χ2v) is 19.4. The van der Waals surface area contributed by atoms with Gasteiger partial charge in [0.2, 0.25) is 0 Å². The molecule has 0 amide bonds. The number of rotatable bonds is 7. The number of hydrogen-bond acceptors (Lipinski definition) is 4. The first kappa shape index (κ1) is 31.5. The van der Waals surface area contributed by atoms with Gasteiger partial charge in [-0.25, -0.2) is 0 Å². The topological polar surface area (TPSA) is 69.9 Å². The predicted molar refractivity (Wildman–Crippen MR) is 173 cm³/mol. The van der Waals surface area contributed by atoms with E-state index in [2.05, 4.69) is 101 Å². The molecule has 0 aromatic heterocycles. The van der Waals surface area contributed by atoms with Crippen molar-refractivity contribution < 1.29 is 19.7 Å². The summed E-state index contributed by atoms with van der Waals surface area (Å²) in [6.07, 6.45) is 11.8. The van der Waals surface area contributed by atoms with Crippen LogP contribution in [-0.2, 0) is 4.43 Å². The largest absolute Gasteiger partial charge is 0.404 e. The van der Waals surface area contributed by atoms with Crippen molar-refractivity contribution in [1.82, 2.24) is 0 Å². The standard InChI is InChI=1S/C37H52O4Si/c1-7-37(40)23-20-33-31(26-39)32(19-22-36(33,37)6)35(5)21-18-28(24-27(35)25-38)41-42(34(2,3)4,29-14-10-8-11-15-29)30-16-12-9-13-17-30/h1,8-17,27-28,31-33,38-40H,18-26H2,2-6H3/t27-,28+,31-,32+,33+,35-,36+,37+/m1/s1. The Morgan fingerprint density at radius 2 is 1.43 bits per heavy atom. The lowest BCUT2D eigenvalue weighted by atomic mass is 9.48. The van der Waals surface area contributed by atoms with Gasteiger partial charge in [-0.1, -0.05) is 101 Å². The van der Waals surface area contributed by atoms with Gasteiger partial charge in [-0.05, 0) is 89.4 Å². The lowest BCUT2D eigenvalue weighted by Gasteiger charge is -2.58. The fourth-order valence-electron chi connectivity index (χ4n) is 9.81. The highest BCUT2D eigenvalue weighted by molar-refractivity contribution is 6.99. The van der Waals surface area contributed by atoms with Crippen molar-refractivity contribution in [2.45, 2.75) is 96.3 Å². The summed E-state index contributed by atoms with van der Waals surface area (Å²) in [4.78, 5) is 0. The molecule has 0 radical (unpaired) electrons. The molecular formula is C37H52O4Si. The molecule has 0 saturated heterocycles. The van der Waals surface area contributed by atoms with E-state index < -0.39 is 13.9 Å². The van der Waals surface area contributed by atoms with Crippen LogP contribution in [0.4, 0.5) is 0 Å². The average molecular weight is 589 g/mol. The van der Waals surface area contributed by atoms with Gasteiger partial charge >= 0.3 is 0 Å². The first-order chi connectivity index (χ1) is 19.9. The number of terminal acetylenes is 1. The molecule has 2 aromatic rings. The molecule has 0 heterocycles. The van der Waals surface area contributed by atoms with Crippen LogP contribution >= 0.6 is 0 Å². The lowest BCUT2D eigenvalue weighted by Crippen LogP contribution is -2.68. The molecule has 2 aromatic carbocycles. The Bertz CT molecular complexity index is 1210. The molecule has 5 rings (SSSR count). The van der Waals surface area contributed by atoms with E-state index in [9.17, 15) is 15.3 Å². The minimum absolute atomic E-state index is 0.0426. The Labute approximate surface area is 255 Å². The summed E-state index contributed by atoms with van der Waals surface area (Å²) in [5.41, 5.74) is -1.60. The van der Waals surface area contributed by atoms with Gasteiger partial charge in [-0.3, -0.25) is 0 Å². The zero-order valence-corrected chi connectivity index (χ0v) is 27.4. The van der Waals surface area contributed by atoms with Crippen LogP contribution in [-0.4, -0.2) is 48.6 Å². The molecule has 3 N–H and O–H groups in total. The van der Waals surface area contributed by atoms with E-state index in [4.69, 9.17) is 10.8 Å². The summed E-state index contributed by atoms with van der Waals surface area (Å²) in [6.45, 7) is 11.7. The van der Waals surface area contributed by atoms with Crippen LogP contribution in [0.3, 0.4) is 0 Å². The molecule has 4 nitrogen and oxygen atoms in total. The molecule has 0 bridgehead atoms. The van der Waals surface area contributed by atoms with Crippen LogP contribution < -0.4 is 10.4 Å². The maximum Gasteiger partial charge on any atom is 0.261 e. The molecule has 3 aliphatic carbocycles. The monoisotopic (exact) mass is 588 g/mol. The highest BCUT2D eigenvalue weighted by Gasteiger charge is 2.63. The minimum atomic E-state index is -2.70. The average Bonchev–Trinajstić information content (AvgIpc) is 3.27. The first-order valence-corrected chi connectivity index (χ1v) is 18.0. The summed E-state index contributed by atoms with van der Waals surface area (Å²) >= 11 is 0. The number of hydrogen-bond donors (Lipinski definition) is 3. The second-order valence-electron chi connectivity index (χ2n) is 15.1. The smallest absolute Gasteiger partial charge is 0.261 e. The number of aliphatic hydroxyl groups excluding tert-OH is 2. The van der Waals surface area contributed by atoms with Crippen LogP contribution in [0.2, 0.25) is 5.04 Å². The van der Waals surface area contributed by atoms with E-state index in [0.717, 1.165) is 38.5 Å². The third-order valence-electron chi connectivity index (χ3n) is 12.4. The van der Waals surface area contributed by atoms with Crippen LogP contribution in [0, 0.1) is 46.8 Å². The molecule has 228 valence electrons. The molecular weight excluding hydrogens is 536 g/mol.